The Morgan fingerprint density at radius 1 is 1.12 bits per heavy atom. The van der Waals surface area contributed by atoms with Gasteiger partial charge >= 0.3 is 0 Å². The zero-order chi connectivity index (χ0) is 11.1. The highest BCUT2D eigenvalue weighted by molar-refractivity contribution is 5.62. The van der Waals surface area contributed by atoms with Crippen LogP contribution in [0.5, 0.6) is 0 Å². The third kappa shape index (κ3) is 1.45. The van der Waals surface area contributed by atoms with Crippen molar-refractivity contribution in [3.63, 3.8) is 0 Å². The summed E-state index contributed by atoms with van der Waals surface area (Å²) < 4.78 is 0. The fourth-order valence-corrected chi connectivity index (χ4v) is 3.48. The molecule has 1 aliphatic carbocycles. The molecule has 1 nitrogen and oxygen atoms in total. The van der Waals surface area contributed by atoms with Crippen LogP contribution in [0.4, 0.5) is 5.69 Å². The van der Waals surface area contributed by atoms with Crippen LogP contribution in [0, 0.1) is 19.8 Å². The van der Waals surface area contributed by atoms with Crippen molar-refractivity contribution in [2.45, 2.75) is 45.4 Å². The summed E-state index contributed by atoms with van der Waals surface area (Å²) in [6.45, 7) is 5.66. The van der Waals surface area contributed by atoms with Gasteiger partial charge in [-0.2, -0.15) is 0 Å². The van der Waals surface area contributed by atoms with Crippen molar-refractivity contribution in [2.75, 3.05) is 11.9 Å². The Kier molecular flexibility index (Phi) is 2.42. The fourth-order valence-electron chi connectivity index (χ4n) is 3.48. The van der Waals surface area contributed by atoms with Gasteiger partial charge in [0.15, 0.2) is 0 Å². The van der Waals surface area contributed by atoms with Crippen molar-refractivity contribution in [1.29, 1.82) is 0 Å². The molecule has 2 aliphatic rings. The minimum atomic E-state index is 0.837. The largest absolute Gasteiger partial charge is 0.384 e. The second-order valence-electron chi connectivity index (χ2n) is 5.50. The first-order chi connectivity index (χ1) is 7.77. The van der Waals surface area contributed by atoms with Crippen molar-refractivity contribution in [3.8, 4) is 0 Å². The molecular formula is C15H21N. The number of anilines is 1. The molecule has 1 heteroatoms. The molecule has 1 aliphatic heterocycles. The molecular weight excluding hydrogens is 194 g/mol. The van der Waals surface area contributed by atoms with Gasteiger partial charge in [0, 0.05) is 12.2 Å². The molecule has 0 radical (unpaired) electrons. The highest BCUT2D eigenvalue weighted by Crippen LogP contribution is 2.45. The minimum absolute atomic E-state index is 0.837. The third-order valence-electron chi connectivity index (χ3n) is 4.62. The Balaban J connectivity index is 2.05. The number of hydrogen-bond acceptors (Lipinski definition) is 1. The highest BCUT2D eigenvalue weighted by atomic mass is 14.9. The smallest absolute Gasteiger partial charge is 0.0408 e. The Morgan fingerprint density at radius 2 is 1.94 bits per heavy atom. The van der Waals surface area contributed by atoms with Crippen molar-refractivity contribution in [2.24, 2.45) is 5.92 Å². The van der Waals surface area contributed by atoms with Crippen LogP contribution < -0.4 is 5.32 Å². The number of aryl methyl sites for hydroxylation is 1. The SMILES string of the molecule is Cc1ccc2c(c1C)NCC1CCCCC21. The van der Waals surface area contributed by atoms with Gasteiger partial charge in [-0.15, -0.1) is 0 Å². The first kappa shape index (κ1) is 10.2. The lowest BCUT2D eigenvalue weighted by molar-refractivity contribution is 0.313. The Labute approximate surface area is 98.3 Å². The third-order valence-corrected chi connectivity index (χ3v) is 4.62. The second-order valence-corrected chi connectivity index (χ2v) is 5.50. The van der Waals surface area contributed by atoms with E-state index in [1.807, 2.05) is 0 Å². The first-order valence-corrected chi connectivity index (χ1v) is 6.61. The van der Waals surface area contributed by atoms with Gasteiger partial charge < -0.3 is 5.32 Å². The molecule has 16 heavy (non-hydrogen) atoms. The van der Waals surface area contributed by atoms with E-state index >= 15 is 0 Å². The molecule has 1 saturated carbocycles. The second kappa shape index (κ2) is 3.80. The summed E-state index contributed by atoms with van der Waals surface area (Å²) in [7, 11) is 0. The quantitative estimate of drug-likeness (QED) is 0.689. The maximum absolute atomic E-state index is 3.67. The van der Waals surface area contributed by atoms with Crippen molar-refractivity contribution < 1.29 is 0 Å². The topological polar surface area (TPSA) is 12.0 Å². The molecule has 0 saturated heterocycles. The molecule has 0 spiro atoms. The van der Waals surface area contributed by atoms with Crippen LogP contribution in [0.3, 0.4) is 0 Å². The average Bonchev–Trinajstić information content (AvgIpc) is 2.33. The minimum Gasteiger partial charge on any atom is -0.384 e. The van der Waals surface area contributed by atoms with E-state index in [0.29, 0.717) is 0 Å². The molecule has 2 unspecified atom stereocenters. The molecule has 0 aromatic heterocycles. The van der Waals surface area contributed by atoms with E-state index in [9.17, 15) is 0 Å². The van der Waals surface area contributed by atoms with Gasteiger partial charge in [0.1, 0.15) is 0 Å². The maximum atomic E-state index is 3.67. The summed E-state index contributed by atoms with van der Waals surface area (Å²) in [5, 5.41) is 3.67. The number of fused-ring (bicyclic) bond motifs is 3. The number of benzene rings is 1. The molecule has 1 fully saturated rings. The normalized spacial score (nSPS) is 27.9. The van der Waals surface area contributed by atoms with Gasteiger partial charge in [-0.1, -0.05) is 25.0 Å². The van der Waals surface area contributed by atoms with Crippen molar-refractivity contribution >= 4 is 5.69 Å². The summed E-state index contributed by atoms with van der Waals surface area (Å²) in [5.74, 6) is 1.73. The standard InChI is InChI=1S/C15H21N/c1-10-7-8-14-13-6-4-3-5-12(13)9-16-15(14)11(10)2/h7-8,12-13,16H,3-6,9H2,1-2H3. The molecule has 1 aromatic rings. The molecule has 2 atom stereocenters. The summed E-state index contributed by atoms with van der Waals surface area (Å²) in [4.78, 5) is 0. The van der Waals surface area contributed by atoms with E-state index < -0.39 is 0 Å². The van der Waals surface area contributed by atoms with Crippen LogP contribution >= 0.6 is 0 Å². The number of rotatable bonds is 0. The number of hydrogen-bond donors (Lipinski definition) is 1. The van der Waals surface area contributed by atoms with E-state index in [4.69, 9.17) is 0 Å². The van der Waals surface area contributed by atoms with Gasteiger partial charge in [0.2, 0.25) is 0 Å². The van der Waals surface area contributed by atoms with E-state index in [-0.39, 0.29) is 0 Å². The molecule has 1 heterocycles. The van der Waals surface area contributed by atoms with E-state index in [0.717, 1.165) is 11.8 Å². The summed E-state index contributed by atoms with van der Waals surface area (Å²) in [6.07, 6.45) is 5.68. The molecule has 86 valence electrons. The molecule has 0 bridgehead atoms. The van der Waals surface area contributed by atoms with Gasteiger partial charge in [0.05, 0.1) is 0 Å². The molecule has 1 aromatic carbocycles. The zero-order valence-corrected chi connectivity index (χ0v) is 10.3. The van der Waals surface area contributed by atoms with Crippen molar-refractivity contribution in [1.82, 2.24) is 0 Å². The van der Waals surface area contributed by atoms with Gasteiger partial charge in [0.25, 0.3) is 0 Å². The predicted molar refractivity (Wildman–Crippen MR) is 69.1 cm³/mol. The lowest BCUT2D eigenvalue weighted by Crippen LogP contribution is -2.30. The average molecular weight is 215 g/mol. The maximum Gasteiger partial charge on any atom is 0.0408 e. The Bertz CT molecular complexity index is 408. The van der Waals surface area contributed by atoms with Crippen LogP contribution in [-0.4, -0.2) is 6.54 Å². The van der Waals surface area contributed by atoms with Crippen LogP contribution in [0.15, 0.2) is 12.1 Å². The van der Waals surface area contributed by atoms with E-state index in [2.05, 4.69) is 31.3 Å². The Morgan fingerprint density at radius 3 is 2.81 bits per heavy atom. The fraction of sp³-hybridized carbons (Fsp3) is 0.600. The van der Waals surface area contributed by atoms with Gasteiger partial charge in [-0.25, -0.2) is 0 Å². The summed E-state index contributed by atoms with van der Waals surface area (Å²) in [6, 6.07) is 4.67. The van der Waals surface area contributed by atoms with E-state index in [1.165, 1.54) is 49.0 Å². The van der Waals surface area contributed by atoms with Gasteiger partial charge in [-0.3, -0.25) is 0 Å². The monoisotopic (exact) mass is 215 g/mol. The lowest BCUT2D eigenvalue weighted by atomic mass is 9.72. The lowest BCUT2D eigenvalue weighted by Gasteiger charge is -2.38. The molecule has 1 N–H and O–H groups in total. The summed E-state index contributed by atoms with van der Waals surface area (Å²) in [5.41, 5.74) is 5.92. The first-order valence-electron chi connectivity index (χ1n) is 6.61. The van der Waals surface area contributed by atoms with Crippen LogP contribution in [0.1, 0.15) is 48.3 Å². The molecule has 3 rings (SSSR count). The Hall–Kier alpha value is -0.980. The van der Waals surface area contributed by atoms with Crippen LogP contribution in [0.2, 0.25) is 0 Å². The predicted octanol–water partition coefficient (Wildman–Crippen LogP) is 4.00. The van der Waals surface area contributed by atoms with Crippen LogP contribution in [-0.2, 0) is 0 Å². The number of nitrogens with one attached hydrogen (secondary N) is 1. The van der Waals surface area contributed by atoms with Crippen LogP contribution in [0.25, 0.3) is 0 Å². The zero-order valence-electron chi connectivity index (χ0n) is 10.3. The van der Waals surface area contributed by atoms with Gasteiger partial charge in [-0.05, 0) is 55.2 Å². The van der Waals surface area contributed by atoms with Crippen molar-refractivity contribution in [3.05, 3.63) is 28.8 Å². The highest BCUT2D eigenvalue weighted by Gasteiger charge is 2.32. The molecule has 0 amide bonds. The van der Waals surface area contributed by atoms with E-state index in [1.54, 1.807) is 5.56 Å². The summed E-state index contributed by atoms with van der Waals surface area (Å²) >= 11 is 0.